The molecule has 3 heteroatoms. The van der Waals surface area contributed by atoms with Crippen molar-refractivity contribution < 1.29 is 0 Å². The first kappa shape index (κ1) is 13.9. The standard InChI is InChI=1S/C16H25N3/c1-12(2)13(9-17-3)10-18-15-11-19(4)16-8-6-5-7-14(15)16/h5-8,11-13,17-18H,9-10H2,1-4H3. The number of benzene rings is 1. The first-order valence-electron chi connectivity index (χ1n) is 7.06. The fraction of sp³-hybridized carbons (Fsp3) is 0.500. The van der Waals surface area contributed by atoms with Crippen molar-refractivity contribution in [3.63, 3.8) is 0 Å². The molecule has 19 heavy (non-hydrogen) atoms. The van der Waals surface area contributed by atoms with E-state index in [0.29, 0.717) is 11.8 Å². The predicted octanol–water partition coefficient (Wildman–Crippen LogP) is 3.08. The highest BCUT2D eigenvalue weighted by Gasteiger charge is 2.13. The fourth-order valence-corrected chi connectivity index (χ4v) is 2.53. The van der Waals surface area contributed by atoms with Crippen LogP contribution in [0.3, 0.4) is 0 Å². The van der Waals surface area contributed by atoms with E-state index in [-0.39, 0.29) is 0 Å². The molecule has 0 fully saturated rings. The molecule has 0 amide bonds. The van der Waals surface area contributed by atoms with Gasteiger partial charge in [0.15, 0.2) is 0 Å². The molecule has 0 aliphatic carbocycles. The zero-order chi connectivity index (χ0) is 13.8. The van der Waals surface area contributed by atoms with Crippen molar-refractivity contribution in [3.8, 4) is 0 Å². The second kappa shape index (κ2) is 6.11. The smallest absolute Gasteiger partial charge is 0.0600 e. The van der Waals surface area contributed by atoms with Crippen LogP contribution in [0.4, 0.5) is 5.69 Å². The number of hydrogen-bond donors (Lipinski definition) is 2. The topological polar surface area (TPSA) is 29.0 Å². The Hall–Kier alpha value is -1.48. The van der Waals surface area contributed by atoms with Crippen LogP contribution in [0, 0.1) is 11.8 Å². The van der Waals surface area contributed by atoms with Gasteiger partial charge in [0.05, 0.1) is 5.69 Å². The summed E-state index contributed by atoms with van der Waals surface area (Å²) in [4.78, 5) is 0. The van der Waals surface area contributed by atoms with Gasteiger partial charge in [0.1, 0.15) is 0 Å². The number of aryl methyl sites for hydroxylation is 1. The van der Waals surface area contributed by atoms with E-state index in [9.17, 15) is 0 Å². The molecule has 0 aliphatic heterocycles. The molecule has 0 radical (unpaired) electrons. The van der Waals surface area contributed by atoms with Gasteiger partial charge in [0, 0.05) is 30.7 Å². The molecule has 1 heterocycles. The number of aromatic nitrogens is 1. The number of para-hydroxylation sites is 1. The van der Waals surface area contributed by atoms with Crippen LogP contribution in [-0.2, 0) is 7.05 Å². The second-order valence-corrected chi connectivity index (χ2v) is 5.61. The van der Waals surface area contributed by atoms with Crippen LogP contribution in [0.2, 0.25) is 0 Å². The molecule has 0 spiro atoms. The summed E-state index contributed by atoms with van der Waals surface area (Å²) in [6, 6.07) is 8.53. The summed E-state index contributed by atoms with van der Waals surface area (Å²) < 4.78 is 2.18. The summed E-state index contributed by atoms with van der Waals surface area (Å²) in [6.45, 7) is 6.63. The van der Waals surface area contributed by atoms with Crippen LogP contribution in [-0.4, -0.2) is 24.7 Å². The van der Waals surface area contributed by atoms with Gasteiger partial charge in [-0.3, -0.25) is 0 Å². The highest BCUT2D eigenvalue weighted by molar-refractivity contribution is 5.92. The average molecular weight is 259 g/mol. The largest absolute Gasteiger partial charge is 0.383 e. The summed E-state index contributed by atoms with van der Waals surface area (Å²) in [5, 5.41) is 8.20. The van der Waals surface area contributed by atoms with Crippen LogP contribution >= 0.6 is 0 Å². The molecule has 0 saturated heterocycles. The van der Waals surface area contributed by atoms with Gasteiger partial charge in [-0.05, 0) is 31.5 Å². The maximum atomic E-state index is 3.61. The van der Waals surface area contributed by atoms with Crippen molar-refractivity contribution in [3.05, 3.63) is 30.5 Å². The Morgan fingerprint density at radius 3 is 2.58 bits per heavy atom. The van der Waals surface area contributed by atoms with Crippen LogP contribution < -0.4 is 10.6 Å². The normalized spacial score (nSPS) is 13.1. The molecule has 1 unspecified atom stereocenters. The van der Waals surface area contributed by atoms with E-state index < -0.39 is 0 Å². The SMILES string of the molecule is CNCC(CNc1cn(C)c2ccccc12)C(C)C. The Labute approximate surface area is 116 Å². The van der Waals surface area contributed by atoms with Gasteiger partial charge in [-0.25, -0.2) is 0 Å². The second-order valence-electron chi connectivity index (χ2n) is 5.61. The lowest BCUT2D eigenvalue weighted by Crippen LogP contribution is -2.29. The number of anilines is 1. The van der Waals surface area contributed by atoms with E-state index in [1.807, 2.05) is 7.05 Å². The quantitative estimate of drug-likeness (QED) is 0.834. The average Bonchev–Trinajstić information content (AvgIpc) is 2.72. The molecule has 0 bridgehead atoms. The minimum absolute atomic E-state index is 0.643. The van der Waals surface area contributed by atoms with Crippen molar-refractivity contribution >= 4 is 16.6 Å². The number of rotatable bonds is 6. The molecule has 1 aromatic heterocycles. The van der Waals surface area contributed by atoms with Crippen molar-refractivity contribution in [1.29, 1.82) is 0 Å². The fourth-order valence-electron chi connectivity index (χ4n) is 2.53. The first-order chi connectivity index (χ1) is 9.13. The lowest BCUT2D eigenvalue weighted by molar-refractivity contribution is 0.390. The zero-order valence-corrected chi connectivity index (χ0v) is 12.4. The molecule has 2 N–H and O–H groups in total. The monoisotopic (exact) mass is 259 g/mol. The molecule has 1 atom stereocenters. The number of fused-ring (bicyclic) bond motifs is 1. The van der Waals surface area contributed by atoms with Gasteiger partial charge in [0.25, 0.3) is 0 Å². The molecule has 2 aromatic rings. The van der Waals surface area contributed by atoms with Gasteiger partial charge < -0.3 is 15.2 Å². The van der Waals surface area contributed by atoms with Crippen LogP contribution in [0.15, 0.2) is 30.5 Å². The summed E-state index contributed by atoms with van der Waals surface area (Å²) in [6.07, 6.45) is 2.18. The summed E-state index contributed by atoms with van der Waals surface area (Å²) >= 11 is 0. The van der Waals surface area contributed by atoms with Gasteiger partial charge in [-0.15, -0.1) is 0 Å². The van der Waals surface area contributed by atoms with E-state index in [1.165, 1.54) is 16.6 Å². The van der Waals surface area contributed by atoms with E-state index >= 15 is 0 Å². The molecule has 104 valence electrons. The van der Waals surface area contributed by atoms with E-state index in [2.05, 4.69) is 66.6 Å². The Morgan fingerprint density at radius 1 is 1.16 bits per heavy atom. The predicted molar refractivity (Wildman–Crippen MR) is 83.7 cm³/mol. The van der Waals surface area contributed by atoms with Crippen LogP contribution in [0.25, 0.3) is 10.9 Å². The van der Waals surface area contributed by atoms with Gasteiger partial charge >= 0.3 is 0 Å². The number of nitrogens with one attached hydrogen (secondary N) is 2. The molecular weight excluding hydrogens is 234 g/mol. The maximum Gasteiger partial charge on any atom is 0.0600 e. The minimum atomic E-state index is 0.643. The Morgan fingerprint density at radius 2 is 1.89 bits per heavy atom. The Kier molecular flexibility index (Phi) is 4.48. The van der Waals surface area contributed by atoms with Crippen molar-refractivity contribution in [2.24, 2.45) is 18.9 Å². The highest BCUT2D eigenvalue weighted by Crippen LogP contribution is 2.25. The maximum absolute atomic E-state index is 3.61. The molecule has 3 nitrogen and oxygen atoms in total. The van der Waals surface area contributed by atoms with E-state index in [4.69, 9.17) is 0 Å². The third-order valence-electron chi connectivity index (χ3n) is 3.86. The van der Waals surface area contributed by atoms with Crippen molar-refractivity contribution in [2.45, 2.75) is 13.8 Å². The zero-order valence-electron chi connectivity index (χ0n) is 12.4. The molecule has 2 rings (SSSR count). The van der Waals surface area contributed by atoms with Crippen LogP contribution in [0.5, 0.6) is 0 Å². The summed E-state index contributed by atoms with van der Waals surface area (Å²) in [5.41, 5.74) is 2.51. The molecular formula is C16H25N3. The first-order valence-corrected chi connectivity index (χ1v) is 7.06. The number of nitrogens with zero attached hydrogens (tertiary/aromatic N) is 1. The minimum Gasteiger partial charge on any atom is -0.383 e. The summed E-state index contributed by atoms with van der Waals surface area (Å²) in [5.74, 6) is 1.32. The lowest BCUT2D eigenvalue weighted by atomic mass is 9.95. The van der Waals surface area contributed by atoms with Gasteiger partial charge in [-0.1, -0.05) is 32.0 Å². The van der Waals surface area contributed by atoms with Crippen molar-refractivity contribution in [1.82, 2.24) is 9.88 Å². The van der Waals surface area contributed by atoms with Crippen molar-refractivity contribution in [2.75, 3.05) is 25.5 Å². The highest BCUT2D eigenvalue weighted by atomic mass is 15.0. The van der Waals surface area contributed by atoms with E-state index in [1.54, 1.807) is 0 Å². The number of hydrogen-bond acceptors (Lipinski definition) is 2. The lowest BCUT2D eigenvalue weighted by Gasteiger charge is -2.21. The van der Waals surface area contributed by atoms with Gasteiger partial charge in [-0.2, -0.15) is 0 Å². The van der Waals surface area contributed by atoms with E-state index in [0.717, 1.165) is 13.1 Å². The third-order valence-corrected chi connectivity index (χ3v) is 3.86. The molecule has 0 aliphatic rings. The molecule has 1 aromatic carbocycles. The Bertz CT molecular complexity index is 528. The Balaban J connectivity index is 2.13. The van der Waals surface area contributed by atoms with Gasteiger partial charge in [0.2, 0.25) is 0 Å². The molecule has 0 saturated carbocycles. The van der Waals surface area contributed by atoms with Crippen LogP contribution in [0.1, 0.15) is 13.8 Å². The summed E-state index contributed by atoms with van der Waals surface area (Å²) in [7, 11) is 4.12. The third kappa shape index (κ3) is 3.10.